The summed E-state index contributed by atoms with van der Waals surface area (Å²) in [5.41, 5.74) is -5.57. The Morgan fingerprint density at radius 3 is 1.84 bits per heavy atom. The molecule has 0 saturated heterocycles. The lowest BCUT2D eigenvalue weighted by Crippen LogP contribution is -2.42. The number of aliphatic imine (C=N–C) groups is 2. The van der Waals surface area contributed by atoms with Crippen LogP contribution in [0.1, 0.15) is 28.4 Å². The quantitative estimate of drug-likeness (QED) is 0.332. The molecule has 0 aliphatic heterocycles. The lowest BCUT2D eigenvalue weighted by atomic mass is 10.0. The van der Waals surface area contributed by atoms with Crippen LogP contribution in [0.15, 0.2) is 46.6 Å². The molecule has 2 rings (SSSR count). The molecule has 2 aromatic rings. The van der Waals surface area contributed by atoms with Gasteiger partial charge in [0.2, 0.25) is 5.17 Å². The predicted octanol–water partition coefficient (Wildman–Crippen LogP) is 3.95. The van der Waals surface area contributed by atoms with Crippen LogP contribution in [-0.4, -0.2) is 58.8 Å². The van der Waals surface area contributed by atoms with Crippen LogP contribution in [0.25, 0.3) is 0 Å². The summed E-state index contributed by atoms with van der Waals surface area (Å²) in [5, 5.41) is -2.01. The molecule has 1 unspecified atom stereocenters. The van der Waals surface area contributed by atoms with Crippen molar-refractivity contribution in [2.75, 3.05) is 7.05 Å². The van der Waals surface area contributed by atoms with Crippen molar-refractivity contribution in [1.29, 1.82) is 0 Å². The first-order chi connectivity index (χ1) is 17.2. The Kier molecular flexibility index (Phi) is 8.45. The number of rotatable bonds is 4. The fourth-order valence-electron chi connectivity index (χ4n) is 2.59. The molecule has 38 heavy (non-hydrogen) atoms. The molecule has 0 aliphatic rings. The van der Waals surface area contributed by atoms with Crippen molar-refractivity contribution >= 4 is 32.7 Å². The molecule has 0 fully saturated rings. The minimum Gasteiger partial charge on any atom is -0.374 e. The third-order valence-electron chi connectivity index (χ3n) is 4.68. The van der Waals surface area contributed by atoms with Crippen LogP contribution in [-0.2, 0) is 22.2 Å². The van der Waals surface area contributed by atoms with E-state index in [0.717, 1.165) is 26.4 Å². The number of benzene rings is 1. The third-order valence-corrected chi connectivity index (χ3v) is 5.93. The Morgan fingerprint density at radius 1 is 0.947 bits per heavy atom. The van der Waals surface area contributed by atoms with Gasteiger partial charge in [0.1, 0.15) is 0 Å². The molecule has 1 heterocycles. The molecule has 1 amide bonds. The number of amidine groups is 2. The number of alkyl halides is 9. The molecular formula is C19H15F9N6O3S. The molecule has 0 aliphatic carbocycles. The van der Waals surface area contributed by atoms with Crippen LogP contribution in [0.5, 0.6) is 0 Å². The number of halogens is 9. The SMILES string of the molecule is CC(C(=Nc1ncccn1)N=C(N)S(=O)(=O)C(F)(F)F)N(C)C(=O)c1cc(C(F)(F)F)cc(C(F)(F)F)c1. The number of hydrogen-bond acceptors (Lipinski definition) is 6. The second-order valence-electron chi connectivity index (χ2n) is 7.30. The summed E-state index contributed by atoms with van der Waals surface area (Å²) in [5.74, 6) is -2.93. The van der Waals surface area contributed by atoms with E-state index >= 15 is 0 Å². The van der Waals surface area contributed by atoms with Gasteiger partial charge in [-0.25, -0.2) is 23.4 Å². The number of likely N-dealkylation sites (N-methyl/N-ethyl adjacent to an activating group) is 1. The number of nitrogens with zero attached hydrogens (tertiary/aromatic N) is 5. The van der Waals surface area contributed by atoms with Crippen LogP contribution >= 0.6 is 0 Å². The standard InChI is InChI=1S/C19H15F9N6O3S/c1-9(13(33-16-30-4-3-5-31-16)32-15(29)38(36,37)19(26,27)28)34(2)14(35)10-6-11(17(20,21)22)8-12(7-10)18(23,24)25/h3-9H,1-2H3,(H2,29,30,31,32,33). The smallest absolute Gasteiger partial charge is 0.374 e. The molecule has 2 N–H and O–H groups in total. The summed E-state index contributed by atoms with van der Waals surface area (Å²) in [6.45, 7) is 0.981. The number of sulfone groups is 1. The molecule has 0 saturated carbocycles. The van der Waals surface area contributed by atoms with Crippen LogP contribution in [0, 0.1) is 0 Å². The minimum absolute atomic E-state index is 0.129. The van der Waals surface area contributed by atoms with E-state index in [-0.39, 0.29) is 18.2 Å². The number of hydrogen-bond donors (Lipinski definition) is 1. The highest BCUT2D eigenvalue weighted by Crippen LogP contribution is 2.36. The normalized spacial score (nSPS) is 14.8. The molecule has 0 spiro atoms. The number of nitrogens with two attached hydrogens (primary N) is 1. The van der Waals surface area contributed by atoms with Crippen molar-refractivity contribution in [1.82, 2.24) is 14.9 Å². The van der Waals surface area contributed by atoms with Gasteiger partial charge in [0, 0.05) is 25.0 Å². The van der Waals surface area contributed by atoms with Gasteiger partial charge in [0.15, 0.2) is 5.84 Å². The Labute approximate surface area is 207 Å². The van der Waals surface area contributed by atoms with E-state index in [1.54, 1.807) is 0 Å². The summed E-state index contributed by atoms with van der Waals surface area (Å²) >= 11 is 0. The summed E-state index contributed by atoms with van der Waals surface area (Å²) in [7, 11) is -5.35. The number of amides is 1. The van der Waals surface area contributed by atoms with Gasteiger partial charge < -0.3 is 10.6 Å². The molecule has 0 bridgehead atoms. The first-order valence-electron chi connectivity index (χ1n) is 9.74. The fourth-order valence-corrected chi connectivity index (χ4v) is 3.04. The molecule has 19 heteroatoms. The van der Waals surface area contributed by atoms with Crippen molar-refractivity contribution in [3.8, 4) is 0 Å². The van der Waals surface area contributed by atoms with Gasteiger partial charge in [0.25, 0.3) is 11.9 Å². The number of aromatic nitrogens is 2. The second-order valence-corrected chi connectivity index (χ2v) is 9.19. The van der Waals surface area contributed by atoms with E-state index in [4.69, 9.17) is 5.73 Å². The average molecular weight is 578 g/mol. The first kappa shape index (κ1) is 30.5. The van der Waals surface area contributed by atoms with E-state index in [2.05, 4.69) is 20.0 Å². The summed E-state index contributed by atoms with van der Waals surface area (Å²) in [4.78, 5) is 27.3. The van der Waals surface area contributed by atoms with Gasteiger partial charge in [-0.05, 0) is 31.2 Å². The van der Waals surface area contributed by atoms with E-state index in [0.29, 0.717) is 4.90 Å². The average Bonchev–Trinajstić information content (AvgIpc) is 2.80. The van der Waals surface area contributed by atoms with Crippen LogP contribution in [0.3, 0.4) is 0 Å². The van der Waals surface area contributed by atoms with E-state index in [9.17, 15) is 52.7 Å². The zero-order valence-electron chi connectivity index (χ0n) is 18.9. The van der Waals surface area contributed by atoms with Gasteiger partial charge in [-0.1, -0.05) is 0 Å². The lowest BCUT2D eigenvalue weighted by molar-refractivity contribution is -0.143. The third kappa shape index (κ3) is 6.95. The predicted molar refractivity (Wildman–Crippen MR) is 114 cm³/mol. The van der Waals surface area contributed by atoms with Crippen molar-refractivity contribution in [3.63, 3.8) is 0 Å². The minimum atomic E-state index is -6.19. The first-order valence-corrected chi connectivity index (χ1v) is 11.2. The van der Waals surface area contributed by atoms with Crippen LogP contribution in [0.2, 0.25) is 0 Å². The monoisotopic (exact) mass is 578 g/mol. The maximum Gasteiger partial charge on any atom is 0.504 e. The van der Waals surface area contributed by atoms with Gasteiger partial charge >= 0.3 is 27.7 Å². The van der Waals surface area contributed by atoms with Gasteiger partial charge in [0.05, 0.1) is 17.2 Å². The molecule has 1 aromatic heterocycles. The zero-order chi connectivity index (χ0) is 29.3. The maximum absolute atomic E-state index is 13.2. The molecule has 9 nitrogen and oxygen atoms in total. The Bertz CT molecular complexity index is 1320. The summed E-state index contributed by atoms with van der Waals surface area (Å²) < 4.78 is 141. The van der Waals surface area contributed by atoms with Crippen LogP contribution < -0.4 is 5.73 Å². The van der Waals surface area contributed by atoms with E-state index in [1.807, 2.05) is 0 Å². The fraction of sp³-hybridized carbons (Fsp3) is 0.316. The van der Waals surface area contributed by atoms with Gasteiger partial charge in [-0.3, -0.25) is 4.79 Å². The highest BCUT2D eigenvalue weighted by atomic mass is 32.2. The Hall–Kier alpha value is -3.77. The van der Waals surface area contributed by atoms with Gasteiger partial charge in [-0.15, -0.1) is 0 Å². The van der Waals surface area contributed by atoms with Gasteiger partial charge in [-0.2, -0.15) is 44.5 Å². The van der Waals surface area contributed by atoms with Crippen molar-refractivity contribution < 1.29 is 52.7 Å². The number of carbonyl (C=O) groups is 1. The highest BCUT2D eigenvalue weighted by molar-refractivity contribution is 8.07. The lowest BCUT2D eigenvalue weighted by Gasteiger charge is -2.25. The Balaban J connectivity index is 2.63. The van der Waals surface area contributed by atoms with Crippen LogP contribution in [0.4, 0.5) is 45.5 Å². The largest absolute Gasteiger partial charge is 0.504 e. The van der Waals surface area contributed by atoms with E-state index < -0.39 is 73.3 Å². The topological polar surface area (TPSA) is 131 Å². The second kappa shape index (κ2) is 10.5. The molecule has 1 aromatic carbocycles. The Morgan fingerprint density at radius 2 is 1.42 bits per heavy atom. The molecule has 0 radical (unpaired) electrons. The molecule has 1 atom stereocenters. The molecule has 208 valence electrons. The maximum atomic E-state index is 13.2. The van der Waals surface area contributed by atoms with Crippen molar-refractivity contribution in [2.45, 2.75) is 30.8 Å². The van der Waals surface area contributed by atoms with Crippen molar-refractivity contribution in [2.24, 2.45) is 15.7 Å². The van der Waals surface area contributed by atoms with Crippen molar-refractivity contribution in [3.05, 3.63) is 53.3 Å². The number of carbonyl (C=O) groups excluding carboxylic acids is 1. The van der Waals surface area contributed by atoms with E-state index in [1.165, 1.54) is 6.07 Å². The highest BCUT2D eigenvalue weighted by Gasteiger charge is 2.49. The summed E-state index contributed by atoms with van der Waals surface area (Å²) in [6.07, 6.45) is -8.32. The summed E-state index contributed by atoms with van der Waals surface area (Å²) in [6, 6.07) is -0.340. The zero-order valence-corrected chi connectivity index (χ0v) is 19.7. The molecular weight excluding hydrogens is 563 g/mol.